The summed E-state index contributed by atoms with van der Waals surface area (Å²) in [6.45, 7) is 1.91. The zero-order valence-electron chi connectivity index (χ0n) is 18.3. The predicted molar refractivity (Wildman–Crippen MR) is 133 cm³/mol. The van der Waals surface area contributed by atoms with Gasteiger partial charge in [-0.05, 0) is 75.3 Å². The van der Waals surface area contributed by atoms with Crippen LogP contribution in [0.4, 0.5) is 0 Å². The molecule has 3 aromatic rings. The Morgan fingerprint density at radius 1 is 1.06 bits per heavy atom. The van der Waals surface area contributed by atoms with E-state index in [9.17, 15) is 14.7 Å². The first-order valence-electron chi connectivity index (χ1n) is 11.1. The summed E-state index contributed by atoms with van der Waals surface area (Å²) in [5.74, 6) is -0.844. The summed E-state index contributed by atoms with van der Waals surface area (Å²) in [5, 5.41) is 14.4. The Bertz CT molecular complexity index is 1280. The van der Waals surface area contributed by atoms with Gasteiger partial charge in [0.15, 0.2) is 0 Å². The minimum absolute atomic E-state index is 0.143. The summed E-state index contributed by atoms with van der Waals surface area (Å²) >= 11 is 10.0. The molecule has 2 bridgehead atoms. The zero-order chi connectivity index (χ0) is 23.4. The van der Waals surface area contributed by atoms with Crippen LogP contribution in [0, 0.1) is 12.3 Å². The predicted octanol–water partition coefficient (Wildman–Crippen LogP) is 6.53. The fourth-order valence-electron chi connectivity index (χ4n) is 5.54. The number of hydrogen-bond acceptors (Lipinski definition) is 3. The van der Waals surface area contributed by atoms with Crippen molar-refractivity contribution in [2.45, 2.75) is 51.0 Å². The van der Waals surface area contributed by atoms with Gasteiger partial charge in [-0.25, -0.2) is 4.98 Å². The van der Waals surface area contributed by atoms with Crippen molar-refractivity contribution in [2.24, 2.45) is 5.41 Å². The zero-order valence-corrected chi connectivity index (χ0v) is 20.6. The summed E-state index contributed by atoms with van der Waals surface area (Å²) in [6.07, 6.45) is 3.88. The van der Waals surface area contributed by atoms with Crippen LogP contribution in [0.2, 0.25) is 5.02 Å². The van der Waals surface area contributed by atoms with Crippen molar-refractivity contribution >= 4 is 50.3 Å². The smallest absolute Gasteiger partial charge is 0.309 e. The molecule has 6 rings (SSSR count). The highest BCUT2D eigenvalue weighted by atomic mass is 79.9. The van der Waals surface area contributed by atoms with Crippen molar-refractivity contribution in [3.05, 3.63) is 63.1 Å². The molecular weight excluding hydrogens is 504 g/mol. The van der Waals surface area contributed by atoms with E-state index in [0.29, 0.717) is 54.8 Å². The first-order chi connectivity index (χ1) is 15.7. The molecule has 1 amide bonds. The Hall–Kier alpha value is -2.44. The molecule has 0 atom stereocenters. The van der Waals surface area contributed by atoms with Gasteiger partial charge < -0.3 is 10.4 Å². The molecule has 0 aliphatic heterocycles. The maximum atomic E-state index is 13.8. The van der Waals surface area contributed by atoms with Gasteiger partial charge in [0, 0.05) is 26.0 Å². The van der Waals surface area contributed by atoms with Crippen molar-refractivity contribution in [3.8, 4) is 11.3 Å². The van der Waals surface area contributed by atoms with Gasteiger partial charge in [-0.3, -0.25) is 9.59 Å². The SMILES string of the molecule is Cc1c(-c2ccccc2Cl)nc2ccc(Br)cc2c1C(=O)NC12CCC(C(=O)O)(CC1)CC2. The Labute approximate surface area is 205 Å². The number of halogens is 2. The van der Waals surface area contributed by atoms with Crippen molar-refractivity contribution < 1.29 is 14.7 Å². The van der Waals surface area contributed by atoms with Gasteiger partial charge in [-0.15, -0.1) is 0 Å². The lowest BCUT2D eigenvalue weighted by Gasteiger charge is -2.51. The minimum Gasteiger partial charge on any atom is -0.481 e. The number of amides is 1. The van der Waals surface area contributed by atoms with E-state index in [4.69, 9.17) is 16.6 Å². The third-order valence-corrected chi connectivity index (χ3v) is 8.45. The summed E-state index contributed by atoms with van der Waals surface area (Å²) in [5.41, 5.74) is 2.59. The van der Waals surface area contributed by atoms with Crippen molar-refractivity contribution in [1.29, 1.82) is 0 Å². The molecule has 2 aromatic carbocycles. The number of nitrogens with zero attached hydrogens (tertiary/aromatic N) is 1. The van der Waals surface area contributed by atoms with Crippen LogP contribution in [0.5, 0.6) is 0 Å². The molecule has 7 heteroatoms. The Morgan fingerprint density at radius 3 is 2.36 bits per heavy atom. The quantitative estimate of drug-likeness (QED) is 0.404. The molecule has 3 fully saturated rings. The van der Waals surface area contributed by atoms with E-state index in [1.54, 1.807) is 0 Å². The highest BCUT2D eigenvalue weighted by Crippen LogP contribution is 2.52. The number of carbonyl (C=O) groups excluding carboxylic acids is 1. The van der Waals surface area contributed by atoms with E-state index in [1.165, 1.54) is 0 Å². The topological polar surface area (TPSA) is 79.3 Å². The molecule has 170 valence electrons. The average Bonchev–Trinajstić information content (AvgIpc) is 2.80. The van der Waals surface area contributed by atoms with E-state index in [-0.39, 0.29) is 11.4 Å². The lowest BCUT2D eigenvalue weighted by Crippen LogP contribution is -2.58. The number of carboxylic acid groups (broad SMARTS) is 1. The Morgan fingerprint density at radius 2 is 1.73 bits per heavy atom. The van der Waals surface area contributed by atoms with E-state index >= 15 is 0 Å². The standard InChI is InChI=1S/C26H24BrClN2O3/c1-15-21(23(31)30-26-11-8-25(9-12-26,10-13-26)24(32)33)18-14-16(27)6-7-20(18)29-22(15)17-4-2-3-5-19(17)28/h2-7,14H,8-13H2,1H3,(H,30,31)(H,32,33). The Balaban J connectivity index is 1.58. The summed E-state index contributed by atoms with van der Waals surface area (Å²) in [4.78, 5) is 30.5. The molecule has 0 saturated heterocycles. The van der Waals surface area contributed by atoms with Gasteiger partial charge in [-0.1, -0.05) is 45.7 Å². The number of carbonyl (C=O) groups is 2. The van der Waals surface area contributed by atoms with Crippen LogP contribution < -0.4 is 5.32 Å². The van der Waals surface area contributed by atoms with E-state index in [2.05, 4.69) is 21.2 Å². The second kappa shape index (κ2) is 8.10. The second-order valence-electron chi connectivity index (χ2n) is 9.42. The fraction of sp³-hybridized carbons (Fsp3) is 0.346. The normalized spacial score (nSPS) is 24.1. The molecule has 3 saturated carbocycles. The maximum Gasteiger partial charge on any atom is 0.309 e. The van der Waals surface area contributed by atoms with Gasteiger partial charge in [0.05, 0.1) is 22.2 Å². The molecule has 0 unspecified atom stereocenters. The van der Waals surface area contributed by atoms with Crippen LogP contribution >= 0.6 is 27.5 Å². The van der Waals surface area contributed by atoms with Crippen molar-refractivity contribution in [3.63, 3.8) is 0 Å². The van der Waals surface area contributed by atoms with Gasteiger partial charge in [-0.2, -0.15) is 0 Å². The van der Waals surface area contributed by atoms with Crippen molar-refractivity contribution in [2.75, 3.05) is 0 Å². The first-order valence-corrected chi connectivity index (χ1v) is 12.3. The molecule has 3 aliphatic carbocycles. The van der Waals surface area contributed by atoms with Gasteiger partial charge in [0.1, 0.15) is 0 Å². The van der Waals surface area contributed by atoms with E-state index in [0.717, 1.165) is 26.5 Å². The number of rotatable bonds is 4. The number of aromatic nitrogens is 1. The van der Waals surface area contributed by atoms with E-state index in [1.807, 2.05) is 49.4 Å². The average molecular weight is 528 g/mol. The van der Waals surface area contributed by atoms with Gasteiger partial charge in [0.2, 0.25) is 0 Å². The molecule has 1 heterocycles. The monoisotopic (exact) mass is 526 g/mol. The van der Waals surface area contributed by atoms with Gasteiger partial charge >= 0.3 is 5.97 Å². The number of aliphatic carboxylic acids is 1. The molecule has 0 spiro atoms. The third-order valence-electron chi connectivity index (χ3n) is 7.63. The molecule has 0 radical (unpaired) electrons. The Kier molecular flexibility index (Phi) is 5.49. The summed E-state index contributed by atoms with van der Waals surface area (Å²) in [6, 6.07) is 13.3. The maximum absolute atomic E-state index is 13.8. The minimum atomic E-state index is -0.702. The fourth-order valence-corrected chi connectivity index (χ4v) is 6.12. The van der Waals surface area contributed by atoms with Crippen LogP contribution in [0.1, 0.15) is 54.4 Å². The number of carboxylic acids is 1. The highest BCUT2D eigenvalue weighted by molar-refractivity contribution is 9.10. The number of nitrogens with one attached hydrogen (secondary N) is 1. The summed E-state index contributed by atoms with van der Waals surface area (Å²) in [7, 11) is 0. The van der Waals surface area contributed by atoms with E-state index < -0.39 is 11.4 Å². The van der Waals surface area contributed by atoms with Gasteiger partial charge in [0.25, 0.3) is 5.91 Å². The third kappa shape index (κ3) is 3.73. The lowest BCUT2D eigenvalue weighted by atomic mass is 9.57. The first kappa shape index (κ1) is 22.4. The molecular formula is C26H24BrClN2O3. The summed E-state index contributed by atoms with van der Waals surface area (Å²) < 4.78 is 0.871. The number of benzene rings is 2. The molecule has 2 N–H and O–H groups in total. The van der Waals surface area contributed by atoms with Crippen LogP contribution in [-0.4, -0.2) is 27.5 Å². The lowest BCUT2D eigenvalue weighted by molar-refractivity contribution is -0.156. The highest BCUT2D eigenvalue weighted by Gasteiger charge is 2.53. The van der Waals surface area contributed by atoms with Crippen LogP contribution in [-0.2, 0) is 4.79 Å². The van der Waals surface area contributed by atoms with Crippen molar-refractivity contribution in [1.82, 2.24) is 10.3 Å². The van der Waals surface area contributed by atoms with Crippen LogP contribution in [0.3, 0.4) is 0 Å². The second-order valence-corrected chi connectivity index (χ2v) is 10.7. The largest absolute Gasteiger partial charge is 0.481 e. The van der Waals surface area contributed by atoms with Crippen LogP contribution in [0.15, 0.2) is 46.9 Å². The molecule has 5 nitrogen and oxygen atoms in total. The molecule has 33 heavy (non-hydrogen) atoms. The number of fused-ring (bicyclic) bond motifs is 4. The number of pyridine rings is 1. The molecule has 1 aromatic heterocycles. The van der Waals surface area contributed by atoms with Crippen LogP contribution in [0.25, 0.3) is 22.2 Å². The molecule has 3 aliphatic rings. The number of hydrogen-bond donors (Lipinski definition) is 2.